The van der Waals surface area contributed by atoms with Gasteiger partial charge in [-0.25, -0.2) is 4.99 Å². The number of halogens is 1. The van der Waals surface area contributed by atoms with Crippen molar-refractivity contribution in [2.75, 3.05) is 11.4 Å². The normalized spacial score (nSPS) is 22.2. The van der Waals surface area contributed by atoms with Crippen molar-refractivity contribution in [3.8, 4) is 0 Å². The summed E-state index contributed by atoms with van der Waals surface area (Å²) in [5.41, 5.74) is 2.55. The molecule has 0 unspecified atom stereocenters. The first-order valence-electron chi connectivity index (χ1n) is 7.91. The van der Waals surface area contributed by atoms with Gasteiger partial charge in [-0.2, -0.15) is 0 Å². The zero-order chi connectivity index (χ0) is 17.1. The molecule has 4 nitrogen and oxygen atoms in total. The quantitative estimate of drug-likeness (QED) is 0.858. The van der Waals surface area contributed by atoms with E-state index in [9.17, 15) is 9.90 Å². The second-order valence-corrected chi connectivity index (χ2v) is 6.89. The van der Waals surface area contributed by atoms with Gasteiger partial charge in [0.25, 0.3) is 0 Å². The third kappa shape index (κ3) is 2.10. The fourth-order valence-electron chi connectivity index (χ4n) is 3.37. The number of nitrogens with zero attached hydrogens (tertiary/aromatic N) is 2. The molecule has 2 aromatic carbocycles. The molecule has 24 heavy (non-hydrogen) atoms. The number of carbonyl (C=O) groups excluding carboxylic acids is 1. The SMILES string of the molecule is Cc1cc2c(cc1C)C(=O)[C@]1(O)CCN(c3ccc(Cl)cc3)C1=N2. The number of benzene rings is 2. The van der Waals surface area contributed by atoms with E-state index in [4.69, 9.17) is 11.6 Å². The molecule has 4 rings (SSSR count). The highest BCUT2D eigenvalue weighted by molar-refractivity contribution is 6.31. The van der Waals surface area contributed by atoms with E-state index in [-0.39, 0.29) is 5.78 Å². The Morgan fingerprint density at radius 1 is 1.17 bits per heavy atom. The molecule has 2 aromatic rings. The van der Waals surface area contributed by atoms with Crippen molar-refractivity contribution in [3.63, 3.8) is 0 Å². The van der Waals surface area contributed by atoms with Crippen LogP contribution in [-0.4, -0.2) is 28.9 Å². The number of carbonyl (C=O) groups is 1. The number of rotatable bonds is 1. The zero-order valence-electron chi connectivity index (χ0n) is 13.5. The Morgan fingerprint density at radius 2 is 1.83 bits per heavy atom. The summed E-state index contributed by atoms with van der Waals surface area (Å²) in [4.78, 5) is 19.5. The summed E-state index contributed by atoms with van der Waals surface area (Å²) in [5.74, 6) is 0.146. The van der Waals surface area contributed by atoms with Crippen molar-refractivity contribution in [2.45, 2.75) is 25.9 Å². The van der Waals surface area contributed by atoms with Gasteiger partial charge in [-0.05, 0) is 61.4 Å². The van der Waals surface area contributed by atoms with Crippen LogP contribution >= 0.6 is 11.6 Å². The van der Waals surface area contributed by atoms with Crippen molar-refractivity contribution in [2.24, 2.45) is 4.99 Å². The standard InChI is InChI=1S/C19H17ClN2O2/c1-11-9-15-16(10-12(11)2)21-18-19(24,17(15)23)7-8-22(18)14-5-3-13(20)4-6-14/h3-6,9-10,24H,7-8H2,1-2H3/t19-/m1/s1. The molecule has 2 heterocycles. The number of aliphatic hydroxyl groups is 1. The zero-order valence-corrected chi connectivity index (χ0v) is 14.3. The number of ketones is 1. The van der Waals surface area contributed by atoms with Crippen LogP contribution in [0.4, 0.5) is 11.4 Å². The lowest BCUT2D eigenvalue weighted by atomic mass is 9.86. The van der Waals surface area contributed by atoms with Crippen LogP contribution in [0.15, 0.2) is 41.4 Å². The molecule has 0 saturated carbocycles. The van der Waals surface area contributed by atoms with Gasteiger partial charge in [0.15, 0.2) is 5.60 Å². The predicted molar refractivity (Wildman–Crippen MR) is 95.7 cm³/mol. The largest absolute Gasteiger partial charge is 0.374 e. The van der Waals surface area contributed by atoms with Crippen molar-refractivity contribution >= 4 is 34.6 Å². The Hall–Kier alpha value is -2.17. The van der Waals surface area contributed by atoms with Crippen LogP contribution in [0.5, 0.6) is 0 Å². The van der Waals surface area contributed by atoms with Crippen LogP contribution in [0.1, 0.15) is 27.9 Å². The maximum Gasteiger partial charge on any atom is 0.204 e. The molecule has 2 aliphatic rings. The van der Waals surface area contributed by atoms with Crippen LogP contribution in [0.2, 0.25) is 5.02 Å². The second kappa shape index (κ2) is 5.16. The van der Waals surface area contributed by atoms with Crippen LogP contribution in [0.25, 0.3) is 0 Å². The molecule has 1 saturated heterocycles. The Bertz CT molecular complexity index is 889. The molecule has 1 N–H and O–H groups in total. The van der Waals surface area contributed by atoms with Crippen LogP contribution in [0, 0.1) is 13.8 Å². The van der Waals surface area contributed by atoms with E-state index >= 15 is 0 Å². The third-order valence-electron chi connectivity index (χ3n) is 4.92. The topological polar surface area (TPSA) is 52.9 Å². The molecule has 2 aliphatic heterocycles. The van der Waals surface area contributed by atoms with Gasteiger partial charge in [0.05, 0.1) is 5.69 Å². The minimum Gasteiger partial charge on any atom is -0.374 e. The van der Waals surface area contributed by atoms with E-state index in [1.165, 1.54) is 0 Å². The number of aryl methyl sites for hydroxylation is 2. The van der Waals surface area contributed by atoms with E-state index in [2.05, 4.69) is 4.99 Å². The molecule has 0 radical (unpaired) electrons. The van der Waals surface area contributed by atoms with Crippen molar-refractivity contribution < 1.29 is 9.90 Å². The molecule has 0 bridgehead atoms. The van der Waals surface area contributed by atoms with Crippen molar-refractivity contribution in [3.05, 3.63) is 58.1 Å². The van der Waals surface area contributed by atoms with Crippen LogP contribution in [-0.2, 0) is 0 Å². The van der Waals surface area contributed by atoms with Gasteiger partial charge in [0.1, 0.15) is 5.84 Å². The van der Waals surface area contributed by atoms with Crippen LogP contribution < -0.4 is 4.90 Å². The van der Waals surface area contributed by atoms with E-state index in [0.717, 1.165) is 16.8 Å². The summed E-state index contributed by atoms with van der Waals surface area (Å²) in [7, 11) is 0. The molecular weight excluding hydrogens is 324 g/mol. The van der Waals surface area contributed by atoms with Gasteiger partial charge in [-0.15, -0.1) is 0 Å². The molecular formula is C19H17ClN2O2. The van der Waals surface area contributed by atoms with Crippen molar-refractivity contribution in [1.29, 1.82) is 0 Å². The maximum atomic E-state index is 12.9. The van der Waals surface area contributed by atoms with Crippen molar-refractivity contribution in [1.82, 2.24) is 0 Å². The molecule has 5 heteroatoms. The number of amidine groups is 1. The summed E-state index contributed by atoms with van der Waals surface area (Å²) in [6.07, 6.45) is 0.333. The Balaban J connectivity index is 1.87. The molecule has 0 amide bonds. The summed E-state index contributed by atoms with van der Waals surface area (Å²) < 4.78 is 0. The minimum atomic E-state index is -1.55. The number of hydrogen-bond donors (Lipinski definition) is 1. The Kier molecular flexibility index (Phi) is 3.31. The lowest BCUT2D eigenvalue weighted by Gasteiger charge is -2.30. The first-order valence-corrected chi connectivity index (χ1v) is 8.28. The number of hydrogen-bond acceptors (Lipinski definition) is 4. The average Bonchev–Trinajstić information content (AvgIpc) is 2.89. The number of fused-ring (bicyclic) bond motifs is 2. The molecule has 0 aromatic heterocycles. The molecule has 0 aliphatic carbocycles. The Labute approximate surface area is 145 Å². The first-order chi connectivity index (χ1) is 11.4. The van der Waals surface area contributed by atoms with E-state index in [0.29, 0.717) is 35.1 Å². The van der Waals surface area contributed by atoms with Gasteiger partial charge in [0.2, 0.25) is 5.78 Å². The molecule has 1 atom stereocenters. The van der Waals surface area contributed by atoms with Gasteiger partial charge in [-0.1, -0.05) is 11.6 Å². The smallest absolute Gasteiger partial charge is 0.204 e. The average molecular weight is 341 g/mol. The third-order valence-corrected chi connectivity index (χ3v) is 5.17. The van der Waals surface area contributed by atoms with Crippen LogP contribution in [0.3, 0.4) is 0 Å². The molecule has 0 spiro atoms. The van der Waals surface area contributed by atoms with Gasteiger partial charge < -0.3 is 10.0 Å². The summed E-state index contributed by atoms with van der Waals surface area (Å²) in [6, 6.07) is 11.1. The fourth-order valence-corrected chi connectivity index (χ4v) is 3.49. The fraction of sp³-hybridized carbons (Fsp3) is 0.263. The highest BCUT2D eigenvalue weighted by atomic mass is 35.5. The lowest BCUT2D eigenvalue weighted by Crippen LogP contribution is -2.48. The predicted octanol–water partition coefficient (Wildman–Crippen LogP) is 3.82. The number of anilines is 1. The Morgan fingerprint density at radius 3 is 2.54 bits per heavy atom. The first kappa shape index (κ1) is 15.4. The monoisotopic (exact) mass is 340 g/mol. The lowest BCUT2D eigenvalue weighted by molar-refractivity contribution is 0.0602. The van der Waals surface area contributed by atoms with E-state index < -0.39 is 5.60 Å². The van der Waals surface area contributed by atoms with Gasteiger partial charge in [0, 0.05) is 29.2 Å². The van der Waals surface area contributed by atoms with Gasteiger partial charge >= 0.3 is 0 Å². The summed E-state index contributed by atoms with van der Waals surface area (Å²) >= 11 is 5.95. The highest BCUT2D eigenvalue weighted by Crippen LogP contribution is 2.40. The maximum absolute atomic E-state index is 12.9. The summed E-state index contributed by atoms with van der Waals surface area (Å²) in [5, 5.41) is 11.7. The molecule has 1 fully saturated rings. The number of aliphatic imine (C=N–C) groups is 1. The van der Waals surface area contributed by atoms with E-state index in [1.54, 1.807) is 12.1 Å². The van der Waals surface area contributed by atoms with E-state index in [1.807, 2.05) is 43.0 Å². The number of Topliss-reactive ketones (excluding diaryl/α,β-unsaturated/α-hetero) is 1. The van der Waals surface area contributed by atoms with Gasteiger partial charge in [-0.3, -0.25) is 4.79 Å². The molecule has 122 valence electrons. The highest BCUT2D eigenvalue weighted by Gasteiger charge is 2.52. The second-order valence-electron chi connectivity index (χ2n) is 6.46. The summed E-state index contributed by atoms with van der Waals surface area (Å²) in [6.45, 7) is 4.49. The minimum absolute atomic E-state index is 0.262.